The summed E-state index contributed by atoms with van der Waals surface area (Å²) in [5, 5.41) is 2.27. The predicted octanol–water partition coefficient (Wildman–Crippen LogP) is 7.10. The van der Waals surface area contributed by atoms with Gasteiger partial charge in [-0.05, 0) is 55.3 Å². The summed E-state index contributed by atoms with van der Waals surface area (Å²) in [4.78, 5) is 6.94. The van der Waals surface area contributed by atoms with E-state index in [-0.39, 0.29) is 34.2 Å². The molecule has 0 spiro atoms. The van der Waals surface area contributed by atoms with Gasteiger partial charge in [-0.3, -0.25) is 0 Å². The summed E-state index contributed by atoms with van der Waals surface area (Å²) in [5.74, 6) is 3.11. The number of aromatic nitrogens is 2. The van der Waals surface area contributed by atoms with Crippen molar-refractivity contribution in [2.45, 2.75) is 32.7 Å². The monoisotopic (exact) mass is 690 g/mol. The second kappa shape index (κ2) is 10.4. The van der Waals surface area contributed by atoms with Gasteiger partial charge in [0.2, 0.25) is 0 Å². The topological polar surface area (TPSA) is 39.5 Å². The number of para-hydroxylation sites is 3. The molecule has 0 amide bonds. The Morgan fingerprint density at radius 3 is 2.62 bits per heavy atom. The van der Waals surface area contributed by atoms with Crippen LogP contribution >= 0.6 is 0 Å². The van der Waals surface area contributed by atoms with Crippen LogP contribution in [-0.4, -0.2) is 22.6 Å². The minimum Gasteiger partial charge on any atom is -0.537 e. The van der Waals surface area contributed by atoms with Gasteiger partial charge in [-0.2, -0.15) is 12.1 Å². The van der Waals surface area contributed by atoms with Crippen molar-refractivity contribution in [2.24, 2.45) is 0 Å². The van der Waals surface area contributed by atoms with Crippen molar-refractivity contribution in [1.82, 2.24) is 9.55 Å². The summed E-state index contributed by atoms with van der Waals surface area (Å²) in [6.07, 6.45) is 9.19. The van der Waals surface area contributed by atoms with Crippen LogP contribution < -0.4 is 14.2 Å². The average molecular weight is 690 g/mol. The summed E-state index contributed by atoms with van der Waals surface area (Å²) in [6.45, 7) is 4.39. The molecule has 5 aromatic rings. The van der Waals surface area contributed by atoms with Crippen molar-refractivity contribution in [3.63, 3.8) is 0 Å². The predicted molar refractivity (Wildman–Crippen MR) is 153 cm³/mol. The first-order valence-corrected chi connectivity index (χ1v) is 13.1. The van der Waals surface area contributed by atoms with E-state index in [1.807, 2.05) is 42.6 Å². The Bertz CT molecular complexity index is 1730. The summed E-state index contributed by atoms with van der Waals surface area (Å²) >= 11 is 0. The number of rotatable bonds is 5. The van der Waals surface area contributed by atoms with Gasteiger partial charge < -0.3 is 18.8 Å². The van der Waals surface area contributed by atoms with Crippen LogP contribution in [0.25, 0.3) is 27.6 Å². The molecule has 0 radical (unpaired) electrons. The Morgan fingerprint density at radius 1 is 0.949 bits per heavy atom. The van der Waals surface area contributed by atoms with Crippen LogP contribution in [0.5, 0.6) is 11.5 Å². The quantitative estimate of drug-likeness (QED) is 0.146. The van der Waals surface area contributed by atoms with Crippen molar-refractivity contribution in [3.8, 4) is 17.3 Å². The van der Waals surface area contributed by atoms with E-state index in [1.165, 1.54) is 0 Å². The fourth-order valence-electron chi connectivity index (χ4n) is 5.52. The number of anilines is 1. The standard InChI is InChI=1S/C32H26BN3O2.Pt/c1-22(2)36-29-14-5-6-15-31(29)38-33(36)23-10-9-11-24(20-23)37-25-17-18-27-26-12-3-4-13-28(26)35(30(27)21-25)32-16-7-8-19-34-32;/h3-8,11-19,22H,9-10H2,1-2H3;/q-2;+2. The van der Waals surface area contributed by atoms with E-state index in [0.717, 1.165) is 57.4 Å². The molecule has 39 heavy (non-hydrogen) atoms. The zero-order chi connectivity index (χ0) is 25.6. The molecule has 0 N–H and O–H groups in total. The third-order valence-corrected chi connectivity index (χ3v) is 7.17. The summed E-state index contributed by atoms with van der Waals surface area (Å²) in [6, 6.07) is 30.4. The van der Waals surface area contributed by atoms with Crippen LogP contribution in [0.3, 0.4) is 0 Å². The summed E-state index contributed by atoms with van der Waals surface area (Å²) in [5.41, 5.74) is 4.24. The largest absolute Gasteiger partial charge is 2.00 e. The molecule has 7 rings (SSSR count). The average Bonchev–Trinajstić information content (AvgIpc) is 3.50. The Balaban J connectivity index is 0.00000277. The number of benzene rings is 3. The van der Waals surface area contributed by atoms with Gasteiger partial charge in [0.15, 0.2) is 0 Å². The van der Waals surface area contributed by atoms with Crippen LogP contribution in [0, 0.1) is 12.1 Å². The molecular formula is C32H26BN3O2Pt. The number of ether oxygens (including phenoxy) is 1. The number of fused-ring (bicyclic) bond motifs is 4. The molecule has 3 aromatic carbocycles. The number of pyridine rings is 1. The molecule has 0 fully saturated rings. The first-order chi connectivity index (χ1) is 18.7. The van der Waals surface area contributed by atoms with E-state index in [1.54, 1.807) is 0 Å². The van der Waals surface area contributed by atoms with Gasteiger partial charge in [-0.15, -0.1) is 23.0 Å². The molecule has 1 aliphatic heterocycles. The maximum atomic E-state index is 6.40. The first-order valence-electron chi connectivity index (χ1n) is 13.1. The number of hydrogen-bond donors (Lipinski definition) is 0. The van der Waals surface area contributed by atoms with Crippen LogP contribution in [-0.2, 0) is 21.1 Å². The molecule has 5 nitrogen and oxygen atoms in total. The van der Waals surface area contributed by atoms with Gasteiger partial charge in [0.1, 0.15) is 11.6 Å². The van der Waals surface area contributed by atoms with Crippen molar-refractivity contribution in [3.05, 3.63) is 115 Å². The van der Waals surface area contributed by atoms with E-state index in [0.29, 0.717) is 11.5 Å². The molecule has 0 atom stereocenters. The number of hydrogen-bond acceptors (Lipinski definition) is 4. The van der Waals surface area contributed by atoms with E-state index in [4.69, 9.17) is 9.39 Å². The fraction of sp³-hybridized carbons (Fsp3) is 0.156. The Hall–Kier alpha value is -3.76. The van der Waals surface area contributed by atoms with Crippen molar-refractivity contribution >= 4 is 34.5 Å². The van der Waals surface area contributed by atoms with Gasteiger partial charge in [0.25, 0.3) is 0 Å². The maximum Gasteiger partial charge on any atom is 2.00 e. The normalized spacial score (nSPS) is 14.6. The summed E-state index contributed by atoms with van der Waals surface area (Å²) < 4.78 is 14.9. The minimum atomic E-state index is -0.183. The van der Waals surface area contributed by atoms with Gasteiger partial charge in [0, 0.05) is 23.5 Å². The molecule has 1 aliphatic carbocycles. The minimum absolute atomic E-state index is 0. The molecule has 194 valence electrons. The van der Waals surface area contributed by atoms with Crippen molar-refractivity contribution < 1.29 is 30.5 Å². The smallest absolute Gasteiger partial charge is 0.537 e. The molecule has 0 unspecified atom stereocenters. The zero-order valence-electron chi connectivity index (χ0n) is 21.7. The van der Waals surface area contributed by atoms with Crippen molar-refractivity contribution in [1.29, 1.82) is 0 Å². The molecule has 0 saturated heterocycles. The van der Waals surface area contributed by atoms with Gasteiger partial charge in [0.05, 0.1) is 5.69 Å². The Kier molecular flexibility index (Phi) is 6.82. The third kappa shape index (κ3) is 4.47. The second-order valence-corrected chi connectivity index (χ2v) is 9.92. The molecule has 0 bridgehead atoms. The molecular weight excluding hydrogens is 664 g/mol. The van der Waals surface area contributed by atoms with E-state index < -0.39 is 0 Å². The van der Waals surface area contributed by atoms with Crippen LogP contribution in [0.15, 0.2) is 102 Å². The van der Waals surface area contributed by atoms with Gasteiger partial charge in [-0.1, -0.05) is 54.8 Å². The molecule has 3 heterocycles. The molecule has 0 saturated carbocycles. The third-order valence-electron chi connectivity index (χ3n) is 7.17. The van der Waals surface area contributed by atoms with Gasteiger partial charge >= 0.3 is 28.1 Å². The van der Waals surface area contributed by atoms with E-state index in [2.05, 4.69) is 88.9 Å². The Morgan fingerprint density at radius 2 is 1.77 bits per heavy atom. The molecule has 2 aliphatic rings. The van der Waals surface area contributed by atoms with Gasteiger partial charge in [-0.25, -0.2) is 11.1 Å². The number of nitrogens with zero attached hydrogens (tertiary/aromatic N) is 3. The first kappa shape index (κ1) is 25.5. The second-order valence-electron chi connectivity index (χ2n) is 9.92. The summed E-state index contributed by atoms with van der Waals surface area (Å²) in [7, 11) is -0.183. The van der Waals surface area contributed by atoms with Crippen LogP contribution in [0.4, 0.5) is 5.69 Å². The van der Waals surface area contributed by atoms with Crippen LogP contribution in [0.2, 0.25) is 0 Å². The molecule has 2 aromatic heterocycles. The SMILES string of the molecule is CC(C)N1B(C2=[C-]C(Oc3[c-]c4c(cc3)c3ccccc3n4-c3ccccn3)=CCC2)Oc2ccccc21.[Pt+2]. The van der Waals surface area contributed by atoms with E-state index in [9.17, 15) is 0 Å². The van der Waals surface area contributed by atoms with E-state index >= 15 is 0 Å². The zero-order valence-corrected chi connectivity index (χ0v) is 24.0. The molecule has 7 heteroatoms. The Labute approximate surface area is 243 Å². The number of allylic oxidation sites excluding steroid dienone is 3. The maximum absolute atomic E-state index is 6.40. The fourth-order valence-corrected chi connectivity index (χ4v) is 5.52. The van der Waals surface area contributed by atoms with Crippen LogP contribution in [0.1, 0.15) is 26.7 Å². The van der Waals surface area contributed by atoms with Crippen molar-refractivity contribution in [2.75, 3.05) is 4.81 Å².